The third kappa shape index (κ3) is 6.92. The molecule has 40 heavy (non-hydrogen) atoms. The molecule has 5 heterocycles. The molecule has 0 radical (unpaired) electrons. The van der Waals surface area contributed by atoms with Crippen LogP contribution in [-0.2, 0) is 36.4 Å². The Kier molecular flexibility index (Phi) is 9.57. The quantitative estimate of drug-likeness (QED) is 0.264. The van der Waals surface area contributed by atoms with Gasteiger partial charge in [0.1, 0.15) is 0 Å². The van der Waals surface area contributed by atoms with E-state index in [2.05, 4.69) is 9.97 Å². The van der Waals surface area contributed by atoms with Gasteiger partial charge < -0.3 is 0 Å². The molecule has 0 aromatic carbocycles. The van der Waals surface area contributed by atoms with Crippen molar-refractivity contribution in [1.82, 2.24) is 9.97 Å². The van der Waals surface area contributed by atoms with Crippen molar-refractivity contribution in [3.05, 3.63) is 60.2 Å². The van der Waals surface area contributed by atoms with Crippen LogP contribution in [-0.4, -0.2) is 91.9 Å². The number of aliphatic hydroxyl groups is 4. The number of nitrogens with zero attached hydrogens (tertiary/aromatic N) is 2. The monoisotopic (exact) mass is 606 g/mol. The van der Waals surface area contributed by atoms with Crippen molar-refractivity contribution in [3.8, 4) is 0 Å². The first-order valence-corrected chi connectivity index (χ1v) is 15.8. The summed E-state index contributed by atoms with van der Waals surface area (Å²) >= 11 is 0. The van der Waals surface area contributed by atoms with Gasteiger partial charge in [0, 0.05) is 12.4 Å². The zero-order valence-electron chi connectivity index (χ0n) is 21.1. The van der Waals surface area contributed by atoms with Gasteiger partial charge in [0.05, 0.1) is 0 Å². The molecule has 9 atom stereocenters. The summed E-state index contributed by atoms with van der Waals surface area (Å²) < 4.78 is 51.1. The molecule has 3 saturated heterocycles. The summed E-state index contributed by atoms with van der Waals surface area (Å²) in [6, 6.07) is 6.80. The van der Waals surface area contributed by atoms with Gasteiger partial charge in [0.2, 0.25) is 0 Å². The topological polar surface area (TPSA) is 209 Å². The predicted molar refractivity (Wildman–Crippen MR) is 135 cm³/mol. The molecule has 3 fully saturated rings. The molecule has 0 unspecified atom stereocenters. The van der Waals surface area contributed by atoms with Crippen LogP contribution in [0.25, 0.3) is 0 Å². The van der Waals surface area contributed by atoms with Crippen LogP contribution in [0.4, 0.5) is 0 Å². The average Bonchev–Trinajstić information content (AvgIpc) is 2.97. The van der Waals surface area contributed by atoms with Gasteiger partial charge in [0.25, 0.3) is 0 Å². The molecule has 0 amide bonds. The number of ether oxygens (including phenoxy) is 1. The molecule has 0 bridgehead atoms. The Bertz CT molecular complexity index is 1150. The molecular formula is C23H32N2O13P2. The molecule has 222 valence electrons. The molecule has 0 saturated carbocycles. The van der Waals surface area contributed by atoms with Crippen molar-refractivity contribution in [2.45, 2.75) is 61.9 Å². The summed E-state index contributed by atoms with van der Waals surface area (Å²) in [5.74, 6) is 0. The number of hydrogen-bond donors (Lipinski definition) is 5. The van der Waals surface area contributed by atoms with Crippen LogP contribution in [0.15, 0.2) is 49.1 Å². The Labute approximate surface area is 229 Å². The summed E-state index contributed by atoms with van der Waals surface area (Å²) in [6.07, 6.45) is -4.69. The standard InChI is InChI=1S/C23H32N2O13P2/c26-16(13-34-39(30)32-11-5-17(36-39)14-1-7-24-8-2-14)22-20(28)19(27)21(29)23(35-22)38-40(31)33-12-6-18(37-40)15-3-9-25-10-4-15/h1-4,7-10,16-23,26-29,31,40H,5-6,11-13H2/t16-,17+,18-,19+,20+,21+,22-,23+,39-/m1/s1. The molecule has 0 aliphatic carbocycles. The maximum atomic E-state index is 13.0. The number of aliphatic hydroxyl groups excluding tert-OH is 4. The predicted octanol–water partition coefficient (Wildman–Crippen LogP) is 0.845. The fourth-order valence-corrected chi connectivity index (χ4v) is 7.59. The SMILES string of the molecule is O=[P@]1(OC[C@@H](O)[C@H]2O[C@@H](O[PH]3(O)OCC[C@H](c4ccncc4)O3)[C@@H](O)[C@@H](O)[C@@H]2O)OCC[C@@H](c2ccncc2)O1. The second-order valence-corrected chi connectivity index (χ2v) is 12.8. The Morgan fingerprint density at radius 1 is 0.950 bits per heavy atom. The molecule has 0 spiro atoms. The molecule has 5 N–H and O–H groups in total. The number of phosphoric ester groups is 1. The third-order valence-electron chi connectivity index (χ3n) is 6.65. The van der Waals surface area contributed by atoms with Crippen molar-refractivity contribution < 1.29 is 61.8 Å². The van der Waals surface area contributed by atoms with E-state index < -0.39 is 71.6 Å². The van der Waals surface area contributed by atoms with E-state index in [9.17, 15) is 29.9 Å². The second-order valence-electron chi connectivity index (χ2n) is 9.41. The third-order valence-corrected chi connectivity index (χ3v) is 9.81. The van der Waals surface area contributed by atoms with Gasteiger partial charge in [-0.1, -0.05) is 0 Å². The zero-order chi connectivity index (χ0) is 28.3. The Morgan fingerprint density at radius 2 is 1.57 bits per heavy atom. The van der Waals surface area contributed by atoms with Gasteiger partial charge >= 0.3 is 212 Å². The van der Waals surface area contributed by atoms with Crippen LogP contribution >= 0.6 is 16.0 Å². The number of phosphoric acid groups is 1. The molecule has 2 aromatic rings. The van der Waals surface area contributed by atoms with E-state index in [1.807, 2.05) is 0 Å². The summed E-state index contributed by atoms with van der Waals surface area (Å²) in [5.41, 5.74) is 1.43. The van der Waals surface area contributed by atoms with Crippen LogP contribution in [0.2, 0.25) is 0 Å². The van der Waals surface area contributed by atoms with Crippen LogP contribution in [0.1, 0.15) is 36.2 Å². The van der Waals surface area contributed by atoms with Crippen molar-refractivity contribution in [2.24, 2.45) is 0 Å². The maximum absolute atomic E-state index is 13.0. The van der Waals surface area contributed by atoms with Gasteiger partial charge in [-0.25, -0.2) is 0 Å². The Hall–Kier alpha value is -1.52. The van der Waals surface area contributed by atoms with E-state index in [4.69, 9.17) is 31.9 Å². The van der Waals surface area contributed by atoms with E-state index in [-0.39, 0.29) is 13.2 Å². The summed E-state index contributed by atoms with van der Waals surface area (Å²) in [4.78, 5) is 18.8. The van der Waals surface area contributed by atoms with Gasteiger partial charge in [0.15, 0.2) is 0 Å². The van der Waals surface area contributed by atoms with Gasteiger partial charge in [-0.3, -0.25) is 4.98 Å². The molecule has 3 aliphatic heterocycles. The number of pyridine rings is 2. The van der Waals surface area contributed by atoms with E-state index in [0.29, 0.717) is 24.0 Å². The van der Waals surface area contributed by atoms with Gasteiger partial charge in [-0.15, -0.1) is 0 Å². The minimum atomic E-state index is -4.42. The summed E-state index contributed by atoms with van der Waals surface area (Å²) in [5, 5.41) is 42.1. The van der Waals surface area contributed by atoms with Crippen molar-refractivity contribution in [1.29, 1.82) is 0 Å². The molecule has 3 aliphatic rings. The summed E-state index contributed by atoms with van der Waals surface area (Å²) in [7, 11) is -8.54. The van der Waals surface area contributed by atoms with Crippen molar-refractivity contribution in [3.63, 3.8) is 0 Å². The molecule has 5 rings (SSSR count). The molecule has 15 nitrogen and oxygen atoms in total. The van der Waals surface area contributed by atoms with Crippen LogP contribution < -0.4 is 0 Å². The van der Waals surface area contributed by atoms with Crippen LogP contribution in [0.5, 0.6) is 0 Å². The van der Waals surface area contributed by atoms with Crippen molar-refractivity contribution in [2.75, 3.05) is 19.8 Å². The zero-order valence-corrected chi connectivity index (χ0v) is 23.0. The van der Waals surface area contributed by atoms with Gasteiger partial charge in [-0.2, -0.15) is 0 Å². The van der Waals surface area contributed by atoms with E-state index >= 15 is 0 Å². The first-order chi connectivity index (χ1) is 19.2. The second kappa shape index (κ2) is 12.8. The Balaban J connectivity index is 1.21. The fraction of sp³-hybridized carbons (Fsp3) is 0.565. The number of aromatic nitrogens is 2. The van der Waals surface area contributed by atoms with Crippen LogP contribution in [0, 0.1) is 0 Å². The van der Waals surface area contributed by atoms with E-state index in [1.165, 1.54) is 0 Å². The average molecular weight is 606 g/mol. The minimum absolute atomic E-state index is 0.0629. The number of hydrogen-bond acceptors (Lipinski definition) is 15. The van der Waals surface area contributed by atoms with E-state index in [1.54, 1.807) is 49.1 Å². The number of rotatable bonds is 8. The van der Waals surface area contributed by atoms with Crippen LogP contribution in [0.3, 0.4) is 0 Å². The van der Waals surface area contributed by atoms with Gasteiger partial charge in [-0.05, 0) is 0 Å². The molecular weight excluding hydrogens is 574 g/mol. The van der Waals surface area contributed by atoms with Crippen molar-refractivity contribution >= 4 is 16.0 Å². The fourth-order valence-electron chi connectivity index (χ4n) is 4.52. The molecule has 2 aromatic heterocycles. The first-order valence-electron chi connectivity index (χ1n) is 12.6. The Morgan fingerprint density at radius 3 is 2.25 bits per heavy atom. The normalized spacial score (nSPS) is 37.9. The first kappa shape index (κ1) is 30.0. The molecule has 17 heteroatoms. The summed E-state index contributed by atoms with van der Waals surface area (Å²) in [6.45, 7) is -0.566. The van der Waals surface area contributed by atoms with E-state index in [0.717, 1.165) is 0 Å².